The van der Waals surface area contributed by atoms with Crippen molar-refractivity contribution in [1.82, 2.24) is 10.2 Å². The second-order valence-corrected chi connectivity index (χ2v) is 4.53. The van der Waals surface area contributed by atoms with Crippen molar-refractivity contribution >= 4 is 29.2 Å². The SMILES string of the molecule is C[C@H](Nc1ccc(Cl)cc1)C(=O)N1CCNC1=O. The van der Waals surface area contributed by atoms with Gasteiger partial charge in [0.1, 0.15) is 6.04 Å². The highest BCUT2D eigenvalue weighted by Gasteiger charge is 2.29. The molecule has 0 aliphatic carbocycles. The third-order valence-corrected chi connectivity index (χ3v) is 2.97. The van der Waals surface area contributed by atoms with Gasteiger partial charge in [-0.2, -0.15) is 0 Å². The number of amides is 3. The minimum absolute atomic E-state index is 0.236. The minimum atomic E-state index is -0.463. The maximum absolute atomic E-state index is 12.0. The second-order valence-electron chi connectivity index (χ2n) is 4.09. The van der Waals surface area contributed by atoms with Crippen LogP contribution in [0.5, 0.6) is 0 Å². The summed E-state index contributed by atoms with van der Waals surface area (Å²) in [4.78, 5) is 24.6. The van der Waals surface area contributed by atoms with Gasteiger partial charge in [0.05, 0.1) is 0 Å². The Kier molecular flexibility index (Phi) is 3.72. The average molecular weight is 268 g/mol. The van der Waals surface area contributed by atoms with E-state index < -0.39 is 6.04 Å². The molecule has 1 aromatic rings. The van der Waals surface area contributed by atoms with Gasteiger partial charge in [0.15, 0.2) is 0 Å². The summed E-state index contributed by atoms with van der Waals surface area (Å²) in [5.41, 5.74) is 0.792. The highest BCUT2D eigenvalue weighted by atomic mass is 35.5. The highest BCUT2D eigenvalue weighted by molar-refractivity contribution is 6.30. The van der Waals surface area contributed by atoms with E-state index in [0.29, 0.717) is 18.1 Å². The zero-order valence-corrected chi connectivity index (χ0v) is 10.7. The lowest BCUT2D eigenvalue weighted by molar-refractivity contribution is -0.128. The second kappa shape index (κ2) is 5.27. The number of carbonyl (C=O) groups is 2. The Hall–Kier alpha value is -1.75. The Morgan fingerprint density at radius 1 is 1.44 bits per heavy atom. The van der Waals surface area contributed by atoms with E-state index in [0.717, 1.165) is 5.69 Å². The van der Waals surface area contributed by atoms with Crippen LogP contribution in [0.2, 0.25) is 5.02 Å². The molecule has 6 heteroatoms. The predicted octanol–water partition coefficient (Wildman–Crippen LogP) is 1.69. The van der Waals surface area contributed by atoms with Crippen molar-refractivity contribution in [1.29, 1.82) is 0 Å². The maximum atomic E-state index is 12.0. The molecule has 3 amide bonds. The molecular weight excluding hydrogens is 254 g/mol. The summed E-state index contributed by atoms with van der Waals surface area (Å²) < 4.78 is 0. The molecule has 5 nitrogen and oxygen atoms in total. The van der Waals surface area contributed by atoms with Crippen LogP contribution in [0.4, 0.5) is 10.5 Å². The molecule has 1 heterocycles. The molecule has 1 aliphatic rings. The van der Waals surface area contributed by atoms with Crippen LogP contribution in [0.1, 0.15) is 6.92 Å². The summed E-state index contributed by atoms with van der Waals surface area (Å²) in [6.45, 7) is 2.66. The Balaban J connectivity index is 1.99. The van der Waals surface area contributed by atoms with Gasteiger partial charge in [-0.3, -0.25) is 9.69 Å². The smallest absolute Gasteiger partial charge is 0.324 e. The van der Waals surface area contributed by atoms with Crippen molar-refractivity contribution in [2.45, 2.75) is 13.0 Å². The van der Waals surface area contributed by atoms with Crippen LogP contribution in [0.3, 0.4) is 0 Å². The van der Waals surface area contributed by atoms with Crippen molar-refractivity contribution in [2.75, 3.05) is 18.4 Å². The van der Waals surface area contributed by atoms with Crippen molar-refractivity contribution in [3.63, 3.8) is 0 Å². The van der Waals surface area contributed by atoms with Gasteiger partial charge in [-0.1, -0.05) is 11.6 Å². The number of carbonyl (C=O) groups excluding carboxylic acids is 2. The average Bonchev–Trinajstić information content (AvgIpc) is 2.77. The van der Waals surface area contributed by atoms with Gasteiger partial charge in [-0.15, -0.1) is 0 Å². The Labute approximate surface area is 110 Å². The molecule has 0 saturated carbocycles. The first-order chi connectivity index (χ1) is 8.58. The molecule has 18 heavy (non-hydrogen) atoms. The van der Waals surface area contributed by atoms with Gasteiger partial charge in [0.25, 0.3) is 5.91 Å². The van der Waals surface area contributed by atoms with Crippen LogP contribution < -0.4 is 10.6 Å². The van der Waals surface area contributed by atoms with Crippen LogP contribution >= 0.6 is 11.6 Å². The van der Waals surface area contributed by atoms with Gasteiger partial charge in [0.2, 0.25) is 0 Å². The van der Waals surface area contributed by atoms with Crippen molar-refractivity contribution < 1.29 is 9.59 Å². The van der Waals surface area contributed by atoms with E-state index >= 15 is 0 Å². The number of hydrogen-bond donors (Lipinski definition) is 2. The first kappa shape index (κ1) is 12.7. The Morgan fingerprint density at radius 2 is 2.11 bits per heavy atom. The molecule has 1 aliphatic heterocycles. The third kappa shape index (κ3) is 2.73. The molecule has 0 radical (unpaired) electrons. The van der Waals surface area contributed by atoms with E-state index in [1.807, 2.05) is 0 Å². The van der Waals surface area contributed by atoms with Crippen LogP contribution in [0.25, 0.3) is 0 Å². The molecule has 2 N–H and O–H groups in total. The third-order valence-electron chi connectivity index (χ3n) is 2.72. The minimum Gasteiger partial charge on any atom is -0.374 e. The molecule has 1 fully saturated rings. The number of hydrogen-bond acceptors (Lipinski definition) is 3. The number of anilines is 1. The fraction of sp³-hybridized carbons (Fsp3) is 0.333. The largest absolute Gasteiger partial charge is 0.374 e. The zero-order chi connectivity index (χ0) is 13.1. The summed E-state index contributed by atoms with van der Waals surface area (Å²) in [6, 6.07) is 6.26. The number of halogens is 1. The van der Waals surface area contributed by atoms with E-state index in [2.05, 4.69) is 10.6 Å². The molecule has 0 bridgehead atoms. The van der Waals surface area contributed by atoms with Gasteiger partial charge >= 0.3 is 6.03 Å². The zero-order valence-electron chi connectivity index (χ0n) is 9.94. The van der Waals surface area contributed by atoms with E-state index in [1.165, 1.54) is 4.90 Å². The van der Waals surface area contributed by atoms with Crippen LogP contribution in [0, 0.1) is 0 Å². The van der Waals surface area contributed by atoms with E-state index in [9.17, 15) is 9.59 Å². The fourth-order valence-corrected chi connectivity index (χ4v) is 1.90. The lowest BCUT2D eigenvalue weighted by Crippen LogP contribution is -2.43. The van der Waals surface area contributed by atoms with E-state index in [1.54, 1.807) is 31.2 Å². The first-order valence-electron chi connectivity index (χ1n) is 5.69. The number of nitrogens with one attached hydrogen (secondary N) is 2. The van der Waals surface area contributed by atoms with Crippen molar-refractivity contribution in [3.05, 3.63) is 29.3 Å². The molecule has 1 aromatic carbocycles. The number of imide groups is 1. The van der Waals surface area contributed by atoms with Crippen LogP contribution in [-0.4, -0.2) is 36.0 Å². The van der Waals surface area contributed by atoms with Gasteiger partial charge in [-0.05, 0) is 31.2 Å². The predicted molar refractivity (Wildman–Crippen MR) is 69.6 cm³/mol. The van der Waals surface area contributed by atoms with E-state index in [-0.39, 0.29) is 11.9 Å². The van der Waals surface area contributed by atoms with Gasteiger partial charge < -0.3 is 10.6 Å². The Morgan fingerprint density at radius 3 is 2.67 bits per heavy atom. The van der Waals surface area contributed by atoms with Crippen molar-refractivity contribution in [3.8, 4) is 0 Å². The Bertz CT molecular complexity index is 461. The first-order valence-corrected chi connectivity index (χ1v) is 6.07. The lowest BCUT2D eigenvalue weighted by Gasteiger charge is -2.19. The standard InChI is InChI=1S/C12H14ClN3O2/c1-8(11(17)16-7-6-14-12(16)18)15-10-4-2-9(13)3-5-10/h2-5,8,15H,6-7H2,1H3,(H,14,18)/t8-/m0/s1. The molecular formula is C12H14ClN3O2. The maximum Gasteiger partial charge on any atom is 0.324 e. The highest BCUT2D eigenvalue weighted by Crippen LogP contribution is 2.15. The summed E-state index contributed by atoms with van der Waals surface area (Å²) in [5, 5.41) is 6.27. The van der Waals surface area contributed by atoms with Gasteiger partial charge in [0, 0.05) is 23.8 Å². The summed E-state index contributed by atoms with van der Waals surface area (Å²) >= 11 is 5.78. The van der Waals surface area contributed by atoms with E-state index in [4.69, 9.17) is 11.6 Å². The molecule has 2 rings (SSSR count). The summed E-state index contributed by atoms with van der Waals surface area (Å²) in [6.07, 6.45) is 0. The molecule has 0 unspecified atom stereocenters. The number of benzene rings is 1. The number of nitrogens with zero attached hydrogens (tertiary/aromatic N) is 1. The number of urea groups is 1. The normalized spacial score (nSPS) is 16.3. The lowest BCUT2D eigenvalue weighted by atomic mass is 10.2. The monoisotopic (exact) mass is 267 g/mol. The topological polar surface area (TPSA) is 61.4 Å². The van der Waals surface area contributed by atoms with Gasteiger partial charge in [-0.25, -0.2) is 4.79 Å². The molecule has 1 atom stereocenters. The van der Waals surface area contributed by atoms with Crippen LogP contribution in [0.15, 0.2) is 24.3 Å². The molecule has 96 valence electrons. The molecule has 0 aromatic heterocycles. The molecule has 1 saturated heterocycles. The fourth-order valence-electron chi connectivity index (χ4n) is 1.77. The van der Waals surface area contributed by atoms with Crippen molar-refractivity contribution in [2.24, 2.45) is 0 Å². The summed E-state index contributed by atoms with van der Waals surface area (Å²) in [5.74, 6) is -0.236. The quantitative estimate of drug-likeness (QED) is 0.876. The number of rotatable bonds is 3. The van der Waals surface area contributed by atoms with Crippen LogP contribution in [-0.2, 0) is 4.79 Å². The molecule has 0 spiro atoms. The summed E-state index contributed by atoms with van der Waals surface area (Å²) in [7, 11) is 0.